The molecular formula is C13H25N3O4. The van der Waals surface area contributed by atoms with E-state index in [2.05, 4.69) is 10.6 Å². The quantitative estimate of drug-likeness (QED) is 0.691. The van der Waals surface area contributed by atoms with Gasteiger partial charge >= 0.3 is 12.0 Å². The average Bonchev–Trinajstić information content (AvgIpc) is 2.21. The SMILES string of the molecule is CC(C)NC(=O)CN(C)C(=O)N[C@H](C(=O)O)C(C)(C)C. The molecule has 0 aromatic carbocycles. The number of carbonyl (C=O) groups is 3. The number of aliphatic carboxylic acids is 1. The van der Waals surface area contributed by atoms with Crippen LogP contribution < -0.4 is 10.6 Å². The molecule has 0 aromatic rings. The molecule has 0 aliphatic carbocycles. The predicted molar refractivity (Wildman–Crippen MR) is 75.3 cm³/mol. The number of hydrogen-bond donors (Lipinski definition) is 3. The number of carbonyl (C=O) groups excluding carboxylic acids is 2. The van der Waals surface area contributed by atoms with Crippen LogP contribution in [0.25, 0.3) is 0 Å². The number of likely N-dealkylation sites (N-methyl/N-ethyl adjacent to an activating group) is 1. The van der Waals surface area contributed by atoms with Gasteiger partial charge < -0.3 is 20.6 Å². The molecule has 0 heterocycles. The number of carboxylic acid groups (broad SMARTS) is 1. The summed E-state index contributed by atoms with van der Waals surface area (Å²) in [5.74, 6) is -1.40. The summed E-state index contributed by atoms with van der Waals surface area (Å²) in [6.07, 6.45) is 0. The van der Waals surface area contributed by atoms with E-state index in [1.807, 2.05) is 13.8 Å². The Balaban J connectivity index is 4.59. The fraction of sp³-hybridized carbons (Fsp3) is 0.769. The van der Waals surface area contributed by atoms with Crippen molar-refractivity contribution in [1.29, 1.82) is 0 Å². The van der Waals surface area contributed by atoms with Crippen LogP contribution >= 0.6 is 0 Å². The van der Waals surface area contributed by atoms with Gasteiger partial charge in [-0.2, -0.15) is 0 Å². The zero-order valence-corrected chi connectivity index (χ0v) is 13.0. The van der Waals surface area contributed by atoms with E-state index < -0.39 is 23.5 Å². The zero-order chi connectivity index (χ0) is 16.1. The maximum absolute atomic E-state index is 11.9. The van der Waals surface area contributed by atoms with Gasteiger partial charge in [0, 0.05) is 13.1 Å². The molecule has 0 spiro atoms. The van der Waals surface area contributed by atoms with Crippen molar-refractivity contribution in [2.75, 3.05) is 13.6 Å². The van der Waals surface area contributed by atoms with Crippen molar-refractivity contribution in [3.63, 3.8) is 0 Å². The first-order chi connectivity index (χ1) is 8.95. The average molecular weight is 287 g/mol. The molecule has 7 nitrogen and oxygen atoms in total. The minimum atomic E-state index is -1.11. The van der Waals surface area contributed by atoms with Crippen molar-refractivity contribution in [3.05, 3.63) is 0 Å². The maximum Gasteiger partial charge on any atom is 0.326 e. The molecule has 0 fully saturated rings. The molecule has 116 valence electrons. The fourth-order valence-electron chi connectivity index (χ4n) is 1.54. The van der Waals surface area contributed by atoms with Gasteiger partial charge in [0.05, 0.1) is 0 Å². The predicted octanol–water partition coefficient (Wildman–Crippen LogP) is 0.652. The Morgan fingerprint density at radius 1 is 1.15 bits per heavy atom. The monoisotopic (exact) mass is 287 g/mol. The molecular weight excluding hydrogens is 262 g/mol. The van der Waals surface area contributed by atoms with Gasteiger partial charge in [0.25, 0.3) is 0 Å². The van der Waals surface area contributed by atoms with E-state index in [0.717, 1.165) is 4.90 Å². The van der Waals surface area contributed by atoms with Crippen LogP contribution in [0.2, 0.25) is 0 Å². The largest absolute Gasteiger partial charge is 0.480 e. The molecule has 0 unspecified atom stereocenters. The smallest absolute Gasteiger partial charge is 0.326 e. The molecule has 0 aliphatic heterocycles. The Kier molecular flexibility index (Phi) is 6.48. The van der Waals surface area contributed by atoms with Crippen LogP contribution in [-0.2, 0) is 9.59 Å². The first-order valence-electron chi connectivity index (χ1n) is 6.49. The maximum atomic E-state index is 11.9. The van der Waals surface area contributed by atoms with Crippen molar-refractivity contribution in [3.8, 4) is 0 Å². The van der Waals surface area contributed by atoms with E-state index >= 15 is 0 Å². The van der Waals surface area contributed by atoms with Gasteiger partial charge in [0.2, 0.25) is 5.91 Å². The molecule has 20 heavy (non-hydrogen) atoms. The summed E-state index contributed by atoms with van der Waals surface area (Å²) in [5, 5.41) is 14.2. The Morgan fingerprint density at radius 2 is 1.65 bits per heavy atom. The molecule has 0 radical (unpaired) electrons. The molecule has 0 aliphatic rings. The molecule has 7 heteroatoms. The standard InChI is InChI=1S/C13H25N3O4/c1-8(2)14-9(17)7-16(6)12(20)15-10(11(18)19)13(3,4)5/h8,10H,7H2,1-6H3,(H,14,17)(H,15,20)(H,18,19)/t10-/m1/s1. The number of amides is 3. The summed E-state index contributed by atoms with van der Waals surface area (Å²) in [5.41, 5.74) is -0.622. The van der Waals surface area contributed by atoms with E-state index in [0.29, 0.717) is 0 Å². The second kappa shape index (κ2) is 7.12. The van der Waals surface area contributed by atoms with Crippen LogP contribution in [0.3, 0.4) is 0 Å². The summed E-state index contributed by atoms with van der Waals surface area (Å²) in [6, 6.07) is -1.63. The Labute approximate surface area is 119 Å². The third kappa shape index (κ3) is 6.40. The van der Waals surface area contributed by atoms with E-state index in [1.165, 1.54) is 7.05 Å². The van der Waals surface area contributed by atoms with E-state index in [4.69, 9.17) is 5.11 Å². The number of rotatable bonds is 5. The van der Waals surface area contributed by atoms with Crippen molar-refractivity contribution in [2.45, 2.75) is 46.7 Å². The highest BCUT2D eigenvalue weighted by Gasteiger charge is 2.33. The Morgan fingerprint density at radius 3 is 2.00 bits per heavy atom. The number of nitrogens with one attached hydrogen (secondary N) is 2. The lowest BCUT2D eigenvalue weighted by molar-refractivity contribution is -0.142. The molecule has 0 bridgehead atoms. The first kappa shape index (κ1) is 18.2. The van der Waals surface area contributed by atoms with Gasteiger partial charge in [-0.05, 0) is 19.3 Å². The van der Waals surface area contributed by atoms with Gasteiger partial charge in [0.15, 0.2) is 0 Å². The molecule has 0 rings (SSSR count). The molecule has 1 atom stereocenters. The van der Waals surface area contributed by atoms with Crippen molar-refractivity contribution < 1.29 is 19.5 Å². The zero-order valence-electron chi connectivity index (χ0n) is 13.0. The van der Waals surface area contributed by atoms with E-state index in [9.17, 15) is 14.4 Å². The summed E-state index contributed by atoms with van der Waals surface area (Å²) < 4.78 is 0. The van der Waals surface area contributed by atoms with Crippen LogP contribution in [0.1, 0.15) is 34.6 Å². The van der Waals surface area contributed by atoms with Gasteiger partial charge in [0.1, 0.15) is 12.6 Å². The summed E-state index contributed by atoms with van der Waals surface area (Å²) in [4.78, 5) is 35.7. The van der Waals surface area contributed by atoms with Crippen LogP contribution in [-0.4, -0.2) is 53.6 Å². The lowest BCUT2D eigenvalue weighted by atomic mass is 9.87. The highest BCUT2D eigenvalue weighted by Crippen LogP contribution is 2.19. The number of carboxylic acids is 1. The molecule has 3 N–H and O–H groups in total. The third-order valence-corrected chi connectivity index (χ3v) is 2.56. The lowest BCUT2D eigenvalue weighted by Crippen LogP contribution is -2.54. The highest BCUT2D eigenvalue weighted by atomic mass is 16.4. The summed E-state index contributed by atoms with van der Waals surface area (Å²) in [7, 11) is 1.44. The van der Waals surface area contributed by atoms with Crippen molar-refractivity contribution in [1.82, 2.24) is 15.5 Å². The summed E-state index contributed by atoms with van der Waals surface area (Å²) in [6.45, 7) is 8.67. The van der Waals surface area contributed by atoms with Gasteiger partial charge in [-0.15, -0.1) is 0 Å². The lowest BCUT2D eigenvalue weighted by Gasteiger charge is -2.29. The second-order valence-electron chi connectivity index (χ2n) is 6.17. The topological polar surface area (TPSA) is 98.7 Å². The minimum Gasteiger partial charge on any atom is -0.480 e. The molecule has 0 saturated carbocycles. The Bertz CT molecular complexity index is 374. The van der Waals surface area contributed by atoms with Crippen molar-refractivity contribution in [2.24, 2.45) is 5.41 Å². The van der Waals surface area contributed by atoms with Crippen molar-refractivity contribution >= 4 is 17.9 Å². The summed E-state index contributed by atoms with van der Waals surface area (Å²) >= 11 is 0. The van der Waals surface area contributed by atoms with Gasteiger partial charge in [-0.1, -0.05) is 20.8 Å². The second-order valence-corrected chi connectivity index (χ2v) is 6.17. The number of urea groups is 1. The van der Waals surface area contributed by atoms with E-state index in [1.54, 1.807) is 20.8 Å². The van der Waals surface area contributed by atoms with Gasteiger partial charge in [-0.3, -0.25) is 4.79 Å². The van der Waals surface area contributed by atoms with Crippen LogP contribution in [0.15, 0.2) is 0 Å². The molecule has 3 amide bonds. The number of nitrogens with zero attached hydrogens (tertiary/aromatic N) is 1. The fourth-order valence-corrected chi connectivity index (χ4v) is 1.54. The van der Waals surface area contributed by atoms with Crippen LogP contribution in [0.4, 0.5) is 4.79 Å². The van der Waals surface area contributed by atoms with E-state index in [-0.39, 0.29) is 18.5 Å². The highest BCUT2D eigenvalue weighted by molar-refractivity contribution is 5.86. The third-order valence-electron chi connectivity index (χ3n) is 2.56. The molecule has 0 aromatic heterocycles. The van der Waals surface area contributed by atoms with Crippen LogP contribution in [0, 0.1) is 5.41 Å². The minimum absolute atomic E-state index is 0.0136. The number of hydrogen-bond acceptors (Lipinski definition) is 3. The first-order valence-corrected chi connectivity index (χ1v) is 6.49. The Hall–Kier alpha value is -1.79. The van der Waals surface area contributed by atoms with Gasteiger partial charge in [-0.25, -0.2) is 9.59 Å². The van der Waals surface area contributed by atoms with Crippen LogP contribution in [0.5, 0.6) is 0 Å². The normalized spacial score (nSPS) is 12.8. The molecule has 0 saturated heterocycles.